The van der Waals surface area contributed by atoms with Gasteiger partial charge in [0, 0.05) is 41.4 Å². The molecule has 0 fully saturated rings. The van der Waals surface area contributed by atoms with Crippen molar-refractivity contribution < 1.29 is 4.79 Å². The van der Waals surface area contributed by atoms with E-state index in [0.717, 1.165) is 12.1 Å². The van der Waals surface area contributed by atoms with Gasteiger partial charge < -0.3 is 5.32 Å². The van der Waals surface area contributed by atoms with Crippen LogP contribution in [0.25, 0.3) is 0 Å². The summed E-state index contributed by atoms with van der Waals surface area (Å²) in [4.78, 5) is 12.0. The summed E-state index contributed by atoms with van der Waals surface area (Å²) in [6.45, 7) is 0.563. The quantitative estimate of drug-likeness (QED) is 0.929. The largest absolute Gasteiger partial charge is 0.352 e. The zero-order chi connectivity index (χ0) is 13.8. The Morgan fingerprint density at radius 1 is 1.47 bits per heavy atom. The average molecular weight is 343 g/mol. The van der Waals surface area contributed by atoms with E-state index in [1.54, 1.807) is 29.1 Å². The first-order valence-electron chi connectivity index (χ1n) is 5.78. The lowest BCUT2D eigenvalue weighted by Crippen LogP contribution is -2.26. The molecule has 0 aliphatic rings. The molecule has 1 heterocycles. The fourth-order valence-electron chi connectivity index (χ4n) is 1.72. The molecular formula is C13H13BrClN3O. The predicted octanol–water partition coefficient (Wildman–Crippen LogP) is 2.81. The topological polar surface area (TPSA) is 46.9 Å². The van der Waals surface area contributed by atoms with Crippen LogP contribution in [0.2, 0.25) is 5.02 Å². The normalized spacial score (nSPS) is 10.5. The van der Waals surface area contributed by atoms with Crippen LogP contribution in [0.15, 0.2) is 34.9 Å². The first-order chi connectivity index (χ1) is 9.08. The van der Waals surface area contributed by atoms with E-state index in [4.69, 9.17) is 11.6 Å². The van der Waals surface area contributed by atoms with Crippen molar-refractivity contribution in [2.24, 2.45) is 7.05 Å². The summed E-state index contributed by atoms with van der Waals surface area (Å²) in [7, 11) is 1.88. The van der Waals surface area contributed by atoms with Crippen LogP contribution >= 0.6 is 27.5 Å². The summed E-state index contributed by atoms with van der Waals surface area (Å²) in [6, 6.07) is 7.04. The maximum atomic E-state index is 12.0. The molecule has 100 valence electrons. The van der Waals surface area contributed by atoms with E-state index < -0.39 is 0 Å². The minimum Gasteiger partial charge on any atom is -0.352 e. The molecule has 0 spiro atoms. The second-order valence-electron chi connectivity index (χ2n) is 4.08. The van der Waals surface area contributed by atoms with Gasteiger partial charge in [0.15, 0.2) is 0 Å². The van der Waals surface area contributed by atoms with Crippen molar-refractivity contribution in [3.8, 4) is 0 Å². The molecule has 0 atom stereocenters. The number of rotatable bonds is 4. The van der Waals surface area contributed by atoms with E-state index in [1.165, 1.54) is 0 Å². The molecule has 2 rings (SSSR count). The maximum absolute atomic E-state index is 12.0. The van der Waals surface area contributed by atoms with Crippen LogP contribution in [0.5, 0.6) is 0 Å². The highest BCUT2D eigenvalue weighted by Gasteiger charge is 2.10. The van der Waals surface area contributed by atoms with Gasteiger partial charge in [-0.15, -0.1) is 0 Å². The van der Waals surface area contributed by atoms with Crippen LogP contribution in [-0.4, -0.2) is 22.2 Å². The number of aromatic nitrogens is 2. The Morgan fingerprint density at radius 2 is 2.26 bits per heavy atom. The number of aryl methyl sites for hydroxylation is 1. The fraction of sp³-hybridized carbons (Fsp3) is 0.231. The zero-order valence-electron chi connectivity index (χ0n) is 10.4. The van der Waals surface area contributed by atoms with E-state index >= 15 is 0 Å². The standard InChI is InChI=1S/C13H13BrClN3O/c1-18-10(5-7-17-18)4-6-16-13(19)11-3-2-9(15)8-12(11)14/h2-3,5,7-8H,4,6H2,1H3,(H,16,19). The molecule has 0 aliphatic carbocycles. The summed E-state index contributed by atoms with van der Waals surface area (Å²) in [5.41, 5.74) is 1.66. The van der Waals surface area contributed by atoms with Crippen molar-refractivity contribution in [1.82, 2.24) is 15.1 Å². The first kappa shape index (κ1) is 14.1. The molecule has 0 radical (unpaired) electrons. The van der Waals surface area contributed by atoms with Crippen LogP contribution < -0.4 is 5.32 Å². The van der Waals surface area contributed by atoms with Gasteiger partial charge in [-0.25, -0.2) is 0 Å². The molecule has 1 amide bonds. The Balaban J connectivity index is 1.93. The number of hydrogen-bond acceptors (Lipinski definition) is 2. The van der Waals surface area contributed by atoms with Gasteiger partial charge in [-0.3, -0.25) is 9.48 Å². The van der Waals surface area contributed by atoms with Crippen molar-refractivity contribution in [3.05, 3.63) is 51.2 Å². The molecule has 0 unspecified atom stereocenters. The SMILES string of the molecule is Cn1nccc1CCNC(=O)c1ccc(Cl)cc1Br. The minimum atomic E-state index is -0.120. The second-order valence-corrected chi connectivity index (χ2v) is 5.37. The van der Waals surface area contributed by atoms with Crippen LogP contribution in [0.4, 0.5) is 0 Å². The third kappa shape index (κ3) is 3.58. The van der Waals surface area contributed by atoms with Crippen molar-refractivity contribution >= 4 is 33.4 Å². The summed E-state index contributed by atoms with van der Waals surface area (Å²) in [5, 5.41) is 7.55. The molecule has 6 heteroatoms. The molecule has 4 nitrogen and oxygen atoms in total. The van der Waals surface area contributed by atoms with Gasteiger partial charge in [0.2, 0.25) is 0 Å². The molecule has 0 saturated heterocycles. The molecule has 0 bridgehead atoms. The van der Waals surface area contributed by atoms with Gasteiger partial charge in [0.25, 0.3) is 5.91 Å². The monoisotopic (exact) mass is 341 g/mol. The number of benzene rings is 1. The number of hydrogen-bond donors (Lipinski definition) is 1. The fourth-order valence-corrected chi connectivity index (χ4v) is 2.58. The van der Waals surface area contributed by atoms with Crippen molar-refractivity contribution in [2.45, 2.75) is 6.42 Å². The van der Waals surface area contributed by atoms with Gasteiger partial charge in [-0.2, -0.15) is 5.10 Å². The third-order valence-electron chi connectivity index (χ3n) is 2.76. The van der Waals surface area contributed by atoms with E-state index in [2.05, 4.69) is 26.3 Å². The van der Waals surface area contributed by atoms with Gasteiger partial charge in [-0.1, -0.05) is 11.6 Å². The summed E-state index contributed by atoms with van der Waals surface area (Å²) in [6.07, 6.45) is 2.49. The molecule has 0 saturated carbocycles. The lowest BCUT2D eigenvalue weighted by molar-refractivity contribution is 0.0953. The third-order valence-corrected chi connectivity index (χ3v) is 3.66. The lowest BCUT2D eigenvalue weighted by Gasteiger charge is -2.07. The Bertz CT molecular complexity index is 597. The summed E-state index contributed by atoms with van der Waals surface area (Å²) < 4.78 is 2.49. The Morgan fingerprint density at radius 3 is 2.89 bits per heavy atom. The van der Waals surface area contributed by atoms with Crippen LogP contribution in [0, 0.1) is 0 Å². The molecule has 2 aromatic rings. The van der Waals surface area contributed by atoms with Crippen LogP contribution in [-0.2, 0) is 13.5 Å². The highest BCUT2D eigenvalue weighted by molar-refractivity contribution is 9.10. The summed E-state index contributed by atoms with van der Waals surface area (Å²) in [5.74, 6) is -0.120. The average Bonchev–Trinajstić information content (AvgIpc) is 2.75. The molecule has 1 aromatic heterocycles. The van der Waals surface area contributed by atoms with Gasteiger partial charge >= 0.3 is 0 Å². The Labute approximate surface area is 124 Å². The van der Waals surface area contributed by atoms with E-state index in [-0.39, 0.29) is 5.91 Å². The molecule has 0 aliphatic heterocycles. The molecular weight excluding hydrogens is 330 g/mol. The second kappa shape index (κ2) is 6.21. The van der Waals surface area contributed by atoms with E-state index in [0.29, 0.717) is 21.6 Å². The van der Waals surface area contributed by atoms with Gasteiger partial charge in [0.05, 0.1) is 5.56 Å². The molecule has 1 N–H and O–H groups in total. The smallest absolute Gasteiger partial charge is 0.252 e. The van der Waals surface area contributed by atoms with Crippen molar-refractivity contribution in [1.29, 1.82) is 0 Å². The zero-order valence-corrected chi connectivity index (χ0v) is 12.7. The number of nitrogens with zero attached hydrogens (tertiary/aromatic N) is 2. The number of carbonyl (C=O) groups excluding carboxylic acids is 1. The van der Waals surface area contributed by atoms with Crippen molar-refractivity contribution in [2.75, 3.05) is 6.54 Å². The highest BCUT2D eigenvalue weighted by atomic mass is 79.9. The van der Waals surface area contributed by atoms with Gasteiger partial charge in [-0.05, 0) is 40.2 Å². The number of amides is 1. The molecule has 1 aromatic carbocycles. The molecule has 19 heavy (non-hydrogen) atoms. The number of carbonyl (C=O) groups is 1. The highest BCUT2D eigenvalue weighted by Crippen LogP contribution is 2.21. The Kier molecular flexibility index (Phi) is 4.61. The van der Waals surface area contributed by atoms with Gasteiger partial charge in [0.1, 0.15) is 0 Å². The Hall–Kier alpha value is -1.33. The van der Waals surface area contributed by atoms with E-state index in [1.807, 2.05) is 13.1 Å². The first-order valence-corrected chi connectivity index (χ1v) is 6.95. The lowest BCUT2D eigenvalue weighted by atomic mass is 10.2. The van der Waals surface area contributed by atoms with Crippen molar-refractivity contribution in [3.63, 3.8) is 0 Å². The number of halogens is 2. The van der Waals surface area contributed by atoms with Crippen LogP contribution in [0.3, 0.4) is 0 Å². The maximum Gasteiger partial charge on any atom is 0.252 e. The summed E-state index contributed by atoms with van der Waals surface area (Å²) >= 11 is 9.17. The predicted molar refractivity (Wildman–Crippen MR) is 78.4 cm³/mol. The van der Waals surface area contributed by atoms with Crippen LogP contribution in [0.1, 0.15) is 16.1 Å². The van der Waals surface area contributed by atoms with E-state index in [9.17, 15) is 4.79 Å². The minimum absolute atomic E-state index is 0.120. The number of nitrogens with one attached hydrogen (secondary N) is 1.